The van der Waals surface area contributed by atoms with E-state index >= 15 is 0 Å². The van der Waals surface area contributed by atoms with Crippen molar-refractivity contribution in [1.82, 2.24) is 15.0 Å². The van der Waals surface area contributed by atoms with Gasteiger partial charge in [0.15, 0.2) is 17.3 Å². The molecule has 200 valence electrons. The molecule has 0 fully saturated rings. The van der Waals surface area contributed by atoms with Gasteiger partial charge in [0, 0.05) is 41.0 Å². The number of hydrogen-bond donors (Lipinski definition) is 4. The Labute approximate surface area is 228 Å². The number of aromatic nitrogens is 3. The van der Waals surface area contributed by atoms with Crippen molar-refractivity contribution in [3.05, 3.63) is 82.5 Å². The van der Waals surface area contributed by atoms with E-state index in [1.807, 2.05) is 24.3 Å². The van der Waals surface area contributed by atoms with E-state index in [-0.39, 0.29) is 39.5 Å². The minimum atomic E-state index is -1.58. The molecule has 1 atom stereocenters. The molecular formula is C30H24N4O6. The number of phenolic OH excluding ortho intramolecular Hbond substituents is 2. The van der Waals surface area contributed by atoms with E-state index in [0.29, 0.717) is 17.2 Å². The molecule has 4 aromatic rings. The molecule has 2 aliphatic rings. The molecule has 1 aliphatic heterocycles. The van der Waals surface area contributed by atoms with Crippen molar-refractivity contribution in [3.8, 4) is 28.6 Å². The number of imidazole rings is 1. The highest BCUT2D eigenvalue weighted by Gasteiger charge is 2.56. The van der Waals surface area contributed by atoms with Crippen molar-refractivity contribution >= 4 is 34.1 Å². The Morgan fingerprint density at radius 2 is 1.90 bits per heavy atom. The van der Waals surface area contributed by atoms with Crippen molar-refractivity contribution in [2.75, 3.05) is 5.32 Å². The number of pyridine rings is 1. The molecule has 0 amide bonds. The van der Waals surface area contributed by atoms with Crippen LogP contribution < -0.4 is 10.1 Å². The number of nitrogens with one attached hydrogen (secondary N) is 2. The summed E-state index contributed by atoms with van der Waals surface area (Å²) in [5, 5.41) is 24.7. The van der Waals surface area contributed by atoms with E-state index in [1.165, 1.54) is 26.8 Å². The van der Waals surface area contributed by atoms with Crippen LogP contribution in [0.1, 0.15) is 42.3 Å². The van der Waals surface area contributed by atoms with E-state index in [4.69, 9.17) is 4.74 Å². The number of allylic oxidation sites excluding steroid dienone is 4. The van der Waals surface area contributed by atoms with Crippen molar-refractivity contribution in [1.29, 1.82) is 0 Å². The summed E-state index contributed by atoms with van der Waals surface area (Å²) in [6.07, 6.45) is 4.58. The Kier molecular flexibility index (Phi) is 5.41. The van der Waals surface area contributed by atoms with Gasteiger partial charge in [-0.05, 0) is 58.0 Å². The minimum Gasteiger partial charge on any atom is -0.507 e. The summed E-state index contributed by atoms with van der Waals surface area (Å²) >= 11 is 0. The maximum atomic E-state index is 14.0. The highest BCUT2D eigenvalue weighted by Crippen LogP contribution is 2.57. The molecule has 6 rings (SSSR count). The number of fused-ring (bicyclic) bond motifs is 4. The maximum Gasteiger partial charge on any atom is 0.194 e. The highest BCUT2D eigenvalue weighted by molar-refractivity contribution is 6.31. The predicted molar refractivity (Wildman–Crippen MR) is 146 cm³/mol. The number of nitrogens with zero attached hydrogens (tertiary/aromatic N) is 2. The molecule has 0 saturated heterocycles. The Morgan fingerprint density at radius 1 is 1.12 bits per heavy atom. The van der Waals surface area contributed by atoms with Crippen molar-refractivity contribution < 1.29 is 29.3 Å². The first-order valence-electron chi connectivity index (χ1n) is 12.5. The molecule has 3 heterocycles. The molecule has 40 heavy (non-hydrogen) atoms. The molecule has 0 saturated carbocycles. The van der Waals surface area contributed by atoms with E-state index in [0.717, 1.165) is 16.6 Å². The third kappa shape index (κ3) is 3.46. The average molecular weight is 537 g/mol. The number of H-pyrrole nitrogens is 1. The summed E-state index contributed by atoms with van der Waals surface area (Å²) in [4.78, 5) is 51.6. The van der Waals surface area contributed by atoms with Gasteiger partial charge in [0.1, 0.15) is 39.8 Å². The minimum absolute atomic E-state index is 0.0151. The normalized spacial score (nSPS) is 19.1. The third-order valence-electron chi connectivity index (χ3n) is 7.51. The van der Waals surface area contributed by atoms with Gasteiger partial charge in [-0.2, -0.15) is 0 Å². The van der Waals surface area contributed by atoms with Crippen LogP contribution in [0.5, 0.6) is 17.2 Å². The van der Waals surface area contributed by atoms with Crippen LogP contribution in [0.15, 0.2) is 65.8 Å². The lowest BCUT2D eigenvalue weighted by molar-refractivity contribution is -0.123. The van der Waals surface area contributed by atoms with Crippen LogP contribution in [0.4, 0.5) is 5.69 Å². The number of carbonyl (C=O) groups excluding carboxylic acids is 3. The third-order valence-corrected chi connectivity index (χ3v) is 7.51. The average Bonchev–Trinajstić information content (AvgIpc) is 3.47. The summed E-state index contributed by atoms with van der Waals surface area (Å²) in [6, 6.07) is 9.13. The van der Waals surface area contributed by atoms with Crippen molar-refractivity contribution in [2.24, 2.45) is 0 Å². The Morgan fingerprint density at radius 3 is 2.60 bits per heavy atom. The molecule has 0 spiro atoms. The molecule has 10 nitrogen and oxygen atoms in total. The Bertz CT molecular complexity index is 1870. The number of benzene rings is 2. The van der Waals surface area contributed by atoms with E-state index in [2.05, 4.69) is 20.3 Å². The first kappa shape index (κ1) is 25.1. The number of rotatable bonds is 4. The van der Waals surface area contributed by atoms with Crippen LogP contribution in [-0.4, -0.2) is 42.5 Å². The van der Waals surface area contributed by atoms with Crippen LogP contribution in [0.2, 0.25) is 0 Å². The number of ketones is 3. The highest BCUT2D eigenvalue weighted by atomic mass is 16.5. The molecule has 0 bridgehead atoms. The second-order valence-corrected chi connectivity index (χ2v) is 10.1. The smallest absolute Gasteiger partial charge is 0.194 e. The fourth-order valence-corrected chi connectivity index (χ4v) is 5.37. The number of phenols is 2. The largest absolute Gasteiger partial charge is 0.507 e. The van der Waals surface area contributed by atoms with Gasteiger partial charge in [0.05, 0.1) is 22.2 Å². The van der Waals surface area contributed by atoms with E-state index in [1.54, 1.807) is 25.4 Å². The van der Waals surface area contributed by atoms with Crippen LogP contribution in [0.25, 0.3) is 22.4 Å². The summed E-state index contributed by atoms with van der Waals surface area (Å²) < 4.78 is 5.82. The van der Waals surface area contributed by atoms with Gasteiger partial charge in [-0.15, -0.1) is 0 Å². The standard InChI is InChI=1S/C30H24N4O6/c1-13-25(37)23(15(3)35)27-24(26(13)38)30(4)21(40-27)11-20(36)22(28(30)39)14(2)32-17-7-8-18-19(10-17)34-29(33-18)16-6-5-9-31-12-16/h5-12,32,37-38H,1-4H3,(H,33,34). The number of aromatic hydroxyl groups is 2. The van der Waals surface area contributed by atoms with Gasteiger partial charge < -0.3 is 25.3 Å². The molecule has 2 aromatic heterocycles. The number of hydrogen-bond acceptors (Lipinski definition) is 9. The van der Waals surface area contributed by atoms with Crippen LogP contribution in [0.3, 0.4) is 0 Å². The monoisotopic (exact) mass is 536 g/mol. The molecule has 2 aromatic carbocycles. The van der Waals surface area contributed by atoms with Crippen LogP contribution >= 0.6 is 0 Å². The zero-order chi connectivity index (χ0) is 28.5. The summed E-state index contributed by atoms with van der Waals surface area (Å²) in [5.41, 5.74) is 1.46. The predicted octanol–water partition coefficient (Wildman–Crippen LogP) is 4.62. The summed E-state index contributed by atoms with van der Waals surface area (Å²) in [5.74, 6) is -1.97. The fourth-order valence-electron chi connectivity index (χ4n) is 5.37. The van der Waals surface area contributed by atoms with Gasteiger partial charge >= 0.3 is 0 Å². The molecule has 10 heteroatoms. The van der Waals surface area contributed by atoms with E-state index < -0.39 is 28.5 Å². The lowest BCUT2D eigenvalue weighted by Gasteiger charge is -2.29. The topological polar surface area (TPSA) is 154 Å². The number of anilines is 1. The van der Waals surface area contributed by atoms with Crippen molar-refractivity contribution in [3.63, 3.8) is 0 Å². The first-order valence-corrected chi connectivity index (χ1v) is 12.5. The van der Waals surface area contributed by atoms with Gasteiger partial charge in [0.25, 0.3) is 0 Å². The van der Waals surface area contributed by atoms with Gasteiger partial charge in [0.2, 0.25) is 0 Å². The second-order valence-electron chi connectivity index (χ2n) is 10.1. The number of ether oxygens (including phenoxy) is 1. The Balaban J connectivity index is 1.41. The molecular weight excluding hydrogens is 512 g/mol. The summed E-state index contributed by atoms with van der Waals surface area (Å²) in [6.45, 7) is 5.83. The molecule has 1 aliphatic carbocycles. The second kappa shape index (κ2) is 8.63. The van der Waals surface area contributed by atoms with Crippen LogP contribution in [-0.2, 0) is 15.0 Å². The lowest BCUT2D eigenvalue weighted by Crippen LogP contribution is -2.40. The number of Topliss-reactive ketones (excluding diaryl/α,β-unsaturated/α-hetero) is 2. The zero-order valence-corrected chi connectivity index (χ0v) is 22.0. The number of carbonyl (C=O) groups is 3. The first-order chi connectivity index (χ1) is 19.0. The molecule has 1 unspecified atom stereocenters. The Hall–Kier alpha value is -5.25. The SMILES string of the molecule is CC(=O)c1c(O)c(C)c(O)c2c1OC1=CC(=O)C(=C(C)Nc3ccc4nc(-c5cccnc5)[nH]c4c3)C(=O)C12C. The zero-order valence-electron chi connectivity index (χ0n) is 22.0. The molecule has 0 radical (unpaired) electrons. The summed E-state index contributed by atoms with van der Waals surface area (Å²) in [7, 11) is 0. The maximum absolute atomic E-state index is 14.0. The fraction of sp³-hybridized carbons (Fsp3) is 0.167. The van der Waals surface area contributed by atoms with Gasteiger partial charge in [-0.1, -0.05) is 0 Å². The van der Waals surface area contributed by atoms with Gasteiger partial charge in [-0.25, -0.2) is 4.98 Å². The lowest BCUT2D eigenvalue weighted by atomic mass is 9.70. The quantitative estimate of drug-likeness (QED) is 0.166. The van der Waals surface area contributed by atoms with Crippen LogP contribution in [0, 0.1) is 6.92 Å². The van der Waals surface area contributed by atoms with Crippen molar-refractivity contribution in [2.45, 2.75) is 33.1 Å². The number of aromatic amines is 1. The van der Waals surface area contributed by atoms with E-state index in [9.17, 15) is 24.6 Å². The molecule has 4 N–H and O–H groups in total. The van der Waals surface area contributed by atoms with Gasteiger partial charge in [-0.3, -0.25) is 19.4 Å².